The van der Waals surface area contributed by atoms with Gasteiger partial charge in [0.2, 0.25) is 24.4 Å². The monoisotopic (exact) mass is 523 g/mol. The Hall–Kier alpha value is -3.14. The van der Waals surface area contributed by atoms with Crippen LogP contribution in [0.2, 0.25) is 5.02 Å². The normalized spacial score (nSPS) is 18.9. The van der Waals surface area contributed by atoms with E-state index >= 15 is 0 Å². The number of ether oxygens (including phenoxy) is 2. The number of halogens is 1. The number of carbonyl (C=O) groups excluding carboxylic acids is 1. The summed E-state index contributed by atoms with van der Waals surface area (Å²) in [7, 11) is 0. The van der Waals surface area contributed by atoms with Gasteiger partial charge < -0.3 is 18.9 Å². The Morgan fingerprint density at radius 3 is 2.49 bits per heavy atom. The van der Waals surface area contributed by atoms with Gasteiger partial charge in [0.1, 0.15) is 0 Å². The zero-order valence-electron chi connectivity index (χ0n) is 20.6. The highest BCUT2D eigenvalue weighted by Gasteiger charge is 2.31. The third kappa shape index (κ3) is 5.44. The van der Waals surface area contributed by atoms with E-state index in [1.54, 1.807) is 0 Å². The molecule has 0 spiro atoms. The van der Waals surface area contributed by atoms with Crippen LogP contribution >= 0.6 is 11.6 Å². The Morgan fingerprint density at radius 2 is 1.68 bits per heavy atom. The fourth-order valence-corrected chi connectivity index (χ4v) is 5.50. The highest BCUT2D eigenvalue weighted by Crippen LogP contribution is 2.33. The van der Waals surface area contributed by atoms with Gasteiger partial charge >= 0.3 is 0 Å². The van der Waals surface area contributed by atoms with E-state index < -0.39 is 0 Å². The Balaban J connectivity index is 0.954. The van der Waals surface area contributed by atoms with Crippen molar-refractivity contribution < 1.29 is 18.8 Å². The van der Waals surface area contributed by atoms with Gasteiger partial charge in [-0.2, -0.15) is 4.98 Å². The van der Waals surface area contributed by atoms with Crippen molar-refractivity contribution in [3.63, 3.8) is 0 Å². The summed E-state index contributed by atoms with van der Waals surface area (Å²) in [5.74, 6) is 3.07. The number of rotatable bonds is 6. The SMILES string of the molecule is O=C(C1CCN(Cc2nc(-c3ccccc3Cl)no2)CC1)N1CCN(Cc2ccc3c(c2)OCO3)CC1. The van der Waals surface area contributed by atoms with Gasteiger partial charge in [0.15, 0.2) is 11.5 Å². The van der Waals surface area contributed by atoms with Gasteiger partial charge in [-0.25, -0.2) is 0 Å². The molecule has 10 heteroatoms. The number of piperidine rings is 1. The molecular formula is C27H30ClN5O4. The quantitative estimate of drug-likeness (QED) is 0.484. The Labute approximate surface area is 220 Å². The molecule has 0 atom stereocenters. The van der Waals surface area contributed by atoms with Crippen LogP contribution in [0.4, 0.5) is 0 Å². The van der Waals surface area contributed by atoms with Crippen molar-refractivity contribution in [2.45, 2.75) is 25.9 Å². The number of hydrogen-bond donors (Lipinski definition) is 0. The lowest BCUT2D eigenvalue weighted by Crippen LogP contribution is -2.51. The summed E-state index contributed by atoms with van der Waals surface area (Å²) in [5, 5.41) is 4.69. The summed E-state index contributed by atoms with van der Waals surface area (Å²) < 4.78 is 16.4. The number of likely N-dealkylation sites (tertiary alicyclic amines) is 1. The first-order valence-corrected chi connectivity index (χ1v) is 13.2. The molecule has 0 radical (unpaired) electrons. The Kier molecular flexibility index (Phi) is 6.99. The lowest BCUT2D eigenvalue weighted by molar-refractivity contribution is -0.139. The molecule has 1 amide bonds. The fraction of sp³-hybridized carbons (Fsp3) is 0.444. The van der Waals surface area contributed by atoms with Crippen LogP contribution in [0.15, 0.2) is 47.0 Å². The molecule has 0 bridgehead atoms. The minimum absolute atomic E-state index is 0.0815. The maximum absolute atomic E-state index is 13.2. The highest BCUT2D eigenvalue weighted by molar-refractivity contribution is 6.33. The molecule has 0 saturated carbocycles. The Bertz CT molecular complexity index is 1250. The molecule has 2 fully saturated rings. The number of carbonyl (C=O) groups is 1. The molecule has 1 aromatic heterocycles. The molecule has 2 aromatic carbocycles. The van der Waals surface area contributed by atoms with Crippen LogP contribution in [0.5, 0.6) is 11.5 Å². The summed E-state index contributed by atoms with van der Waals surface area (Å²) >= 11 is 6.25. The first-order chi connectivity index (χ1) is 18.1. The predicted octanol–water partition coefficient (Wildman–Crippen LogP) is 3.68. The number of piperazine rings is 1. The number of hydrogen-bond acceptors (Lipinski definition) is 8. The third-order valence-electron chi connectivity index (χ3n) is 7.41. The van der Waals surface area contributed by atoms with Gasteiger partial charge in [0, 0.05) is 44.2 Å². The van der Waals surface area contributed by atoms with Crippen LogP contribution in [0.25, 0.3) is 11.4 Å². The van der Waals surface area contributed by atoms with Crippen molar-refractivity contribution in [2.75, 3.05) is 46.1 Å². The second-order valence-corrected chi connectivity index (χ2v) is 10.2. The van der Waals surface area contributed by atoms with Gasteiger partial charge in [0.05, 0.1) is 11.6 Å². The van der Waals surface area contributed by atoms with Gasteiger partial charge in [-0.05, 0) is 55.8 Å². The van der Waals surface area contributed by atoms with E-state index in [4.69, 9.17) is 25.6 Å². The fourth-order valence-electron chi connectivity index (χ4n) is 5.28. The molecule has 37 heavy (non-hydrogen) atoms. The van der Waals surface area contributed by atoms with E-state index in [9.17, 15) is 4.79 Å². The van der Waals surface area contributed by atoms with Gasteiger partial charge in [-0.1, -0.05) is 35.0 Å². The van der Waals surface area contributed by atoms with Crippen molar-refractivity contribution in [2.24, 2.45) is 5.92 Å². The van der Waals surface area contributed by atoms with Crippen molar-refractivity contribution in [1.82, 2.24) is 24.8 Å². The van der Waals surface area contributed by atoms with Crippen molar-refractivity contribution >= 4 is 17.5 Å². The average Bonchev–Trinajstić information content (AvgIpc) is 3.59. The first-order valence-electron chi connectivity index (χ1n) is 12.8. The second-order valence-electron chi connectivity index (χ2n) is 9.83. The summed E-state index contributed by atoms with van der Waals surface area (Å²) in [6.45, 7) is 6.71. The average molecular weight is 524 g/mol. The highest BCUT2D eigenvalue weighted by atomic mass is 35.5. The number of aromatic nitrogens is 2. The van der Waals surface area contributed by atoms with E-state index in [1.165, 1.54) is 5.56 Å². The zero-order valence-corrected chi connectivity index (χ0v) is 21.4. The minimum atomic E-state index is 0.0815. The van der Waals surface area contributed by atoms with E-state index in [0.717, 1.165) is 75.7 Å². The molecule has 0 aliphatic carbocycles. The van der Waals surface area contributed by atoms with Crippen molar-refractivity contribution in [3.05, 3.63) is 58.9 Å². The first kappa shape index (κ1) is 24.2. The number of fused-ring (bicyclic) bond motifs is 1. The second kappa shape index (κ2) is 10.7. The standard InChI is InChI=1S/C27H30ClN5O4/c28-22-4-2-1-3-21(22)26-29-25(37-30-26)17-31-9-7-20(8-10-31)27(34)33-13-11-32(12-14-33)16-19-5-6-23-24(15-19)36-18-35-23/h1-6,15,20H,7-14,16-18H2. The van der Waals surface area contributed by atoms with Crippen LogP contribution in [0.3, 0.4) is 0 Å². The van der Waals surface area contributed by atoms with E-state index in [1.807, 2.05) is 35.2 Å². The van der Waals surface area contributed by atoms with Crippen LogP contribution in [-0.4, -0.2) is 76.8 Å². The van der Waals surface area contributed by atoms with Crippen LogP contribution in [0, 0.1) is 5.92 Å². The summed E-state index contributed by atoms with van der Waals surface area (Å²) in [6, 6.07) is 13.6. The zero-order chi connectivity index (χ0) is 25.2. The minimum Gasteiger partial charge on any atom is -0.454 e. The van der Waals surface area contributed by atoms with Crippen LogP contribution in [0.1, 0.15) is 24.3 Å². The molecule has 3 aliphatic heterocycles. The van der Waals surface area contributed by atoms with Crippen LogP contribution < -0.4 is 9.47 Å². The molecule has 194 valence electrons. The summed E-state index contributed by atoms with van der Waals surface area (Å²) in [6.07, 6.45) is 1.70. The van der Waals surface area contributed by atoms with Gasteiger partial charge in [-0.3, -0.25) is 14.6 Å². The third-order valence-corrected chi connectivity index (χ3v) is 7.74. The molecule has 3 aliphatic rings. The topological polar surface area (TPSA) is 84.2 Å². The van der Waals surface area contributed by atoms with Gasteiger partial charge in [0.25, 0.3) is 0 Å². The van der Waals surface area contributed by atoms with Gasteiger partial charge in [-0.15, -0.1) is 0 Å². The largest absolute Gasteiger partial charge is 0.454 e. The molecular weight excluding hydrogens is 494 g/mol. The van der Waals surface area contributed by atoms with E-state index in [-0.39, 0.29) is 5.92 Å². The van der Waals surface area contributed by atoms with Crippen LogP contribution in [-0.2, 0) is 17.9 Å². The molecule has 6 rings (SSSR count). The number of nitrogens with zero attached hydrogens (tertiary/aromatic N) is 5. The molecule has 2 saturated heterocycles. The van der Waals surface area contributed by atoms with E-state index in [0.29, 0.717) is 36.0 Å². The predicted molar refractivity (Wildman–Crippen MR) is 137 cm³/mol. The molecule has 3 aromatic rings. The smallest absolute Gasteiger partial charge is 0.241 e. The van der Waals surface area contributed by atoms with Crippen molar-refractivity contribution in [3.8, 4) is 22.9 Å². The lowest BCUT2D eigenvalue weighted by Gasteiger charge is -2.38. The summed E-state index contributed by atoms with van der Waals surface area (Å²) in [5.41, 5.74) is 1.97. The molecule has 0 unspecified atom stereocenters. The maximum atomic E-state index is 13.2. The maximum Gasteiger partial charge on any atom is 0.241 e. The Morgan fingerprint density at radius 1 is 0.919 bits per heavy atom. The van der Waals surface area contributed by atoms with Crippen molar-refractivity contribution in [1.29, 1.82) is 0 Å². The molecule has 9 nitrogen and oxygen atoms in total. The lowest BCUT2D eigenvalue weighted by atomic mass is 9.95. The number of benzene rings is 2. The number of amides is 1. The molecule has 0 N–H and O–H groups in total. The van der Waals surface area contributed by atoms with E-state index in [2.05, 4.69) is 32.1 Å². The summed E-state index contributed by atoms with van der Waals surface area (Å²) in [4.78, 5) is 24.4. The molecule has 4 heterocycles.